The highest BCUT2D eigenvalue weighted by Gasteiger charge is 2.24. The van der Waals surface area contributed by atoms with Gasteiger partial charge in [0.15, 0.2) is 0 Å². The predicted molar refractivity (Wildman–Crippen MR) is 78.5 cm³/mol. The first-order chi connectivity index (χ1) is 9.11. The number of benzene rings is 1. The van der Waals surface area contributed by atoms with Gasteiger partial charge in [0.2, 0.25) is 5.91 Å². The number of nitrogens with zero attached hydrogens (tertiary/aromatic N) is 1. The lowest BCUT2D eigenvalue weighted by Gasteiger charge is -2.16. The molecule has 0 aliphatic carbocycles. The van der Waals surface area contributed by atoms with Crippen LogP contribution in [0.1, 0.15) is 18.4 Å². The summed E-state index contributed by atoms with van der Waals surface area (Å²) < 4.78 is 0. The number of rotatable bonds is 4. The van der Waals surface area contributed by atoms with Crippen LogP contribution >= 0.6 is 23.2 Å². The molecule has 1 unspecified atom stereocenters. The smallest absolute Gasteiger partial charge is 0.222 e. The van der Waals surface area contributed by atoms with Crippen molar-refractivity contribution in [1.29, 1.82) is 0 Å². The lowest BCUT2D eigenvalue weighted by molar-refractivity contribution is -0.130. The van der Waals surface area contributed by atoms with Crippen molar-refractivity contribution in [2.45, 2.75) is 19.3 Å². The fourth-order valence-electron chi connectivity index (χ4n) is 2.39. The molecule has 2 rings (SSSR count). The van der Waals surface area contributed by atoms with Crippen molar-refractivity contribution < 1.29 is 4.79 Å². The summed E-state index contributed by atoms with van der Waals surface area (Å²) in [6.07, 6.45) is 2.11. The minimum absolute atomic E-state index is 0.173. The first kappa shape index (κ1) is 14.6. The fraction of sp³-hybridized carbons (Fsp3) is 0.500. The van der Waals surface area contributed by atoms with Crippen LogP contribution in [0.3, 0.4) is 0 Å². The van der Waals surface area contributed by atoms with Gasteiger partial charge in [-0.3, -0.25) is 4.79 Å². The Labute approximate surface area is 123 Å². The maximum Gasteiger partial charge on any atom is 0.222 e. The third-order valence-corrected chi connectivity index (χ3v) is 4.47. The van der Waals surface area contributed by atoms with Crippen molar-refractivity contribution in [3.63, 3.8) is 0 Å². The van der Waals surface area contributed by atoms with E-state index in [-0.39, 0.29) is 5.91 Å². The normalized spacial score (nSPS) is 18.9. The summed E-state index contributed by atoms with van der Waals surface area (Å²) in [4.78, 5) is 14.0. The topological polar surface area (TPSA) is 46.3 Å². The zero-order chi connectivity index (χ0) is 13.8. The first-order valence-electron chi connectivity index (χ1n) is 6.52. The molecule has 5 heteroatoms. The molecule has 1 fully saturated rings. The molecule has 0 radical (unpaired) electrons. The van der Waals surface area contributed by atoms with E-state index in [1.54, 1.807) is 6.07 Å². The van der Waals surface area contributed by atoms with Crippen molar-refractivity contribution in [3.8, 4) is 0 Å². The maximum absolute atomic E-state index is 12.1. The molecule has 1 saturated heterocycles. The second-order valence-electron chi connectivity index (χ2n) is 4.94. The molecule has 104 valence electrons. The van der Waals surface area contributed by atoms with Crippen LogP contribution in [-0.2, 0) is 11.2 Å². The SMILES string of the molecule is NCC1CCN(C(=O)CCc2cccc(Cl)c2Cl)C1. The molecule has 1 aromatic rings. The third kappa shape index (κ3) is 3.62. The molecule has 0 spiro atoms. The second-order valence-corrected chi connectivity index (χ2v) is 5.73. The number of likely N-dealkylation sites (tertiary alicyclic amines) is 1. The number of hydrogen-bond acceptors (Lipinski definition) is 2. The van der Waals surface area contributed by atoms with E-state index in [0.717, 1.165) is 25.1 Å². The second kappa shape index (κ2) is 6.60. The van der Waals surface area contributed by atoms with Gasteiger partial charge in [0, 0.05) is 19.5 Å². The molecule has 1 aliphatic heterocycles. The number of carbonyl (C=O) groups excluding carboxylic acids is 1. The molecule has 3 nitrogen and oxygen atoms in total. The standard InChI is InChI=1S/C14H18Cl2N2O/c15-12-3-1-2-11(14(12)16)4-5-13(19)18-7-6-10(8-17)9-18/h1-3,10H,4-9,17H2. The van der Waals surface area contributed by atoms with E-state index in [0.29, 0.717) is 35.3 Å². The Hall–Kier alpha value is -0.770. The van der Waals surface area contributed by atoms with E-state index in [1.807, 2.05) is 17.0 Å². The average Bonchev–Trinajstić information content (AvgIpc) is 2.89. The van der Waals surface area contributed by atoms with Crippen LogP contribution in [-0.4, -0.2) is 30.4 Å². The van der Waals surface area contributed by atoms with Crippen LogP contribution in [0, 0.1) is 5.92 Å². The van der Waals surface area contributed by atoms with Gasteiger partial charge in [-0.1, -0.05) is 35.3 Å². The summed E-state index contributed by atoms with van der Waals surface area (Å²) in [5.74, 6) is 0.630. The number of amides is 1. The van der Waals surface area contributed by atoms with E-state index in [1.165, 1.54) is 0 Å². The lowest BCUT2D eigenvalue weighted by atomic mass is 10.1. The van der Waals surface area contributed by atoms with Gasteiger partial charge >= 0.3 is 0 Å². The van der Waals surface area contributed by atoms with Crippen LogP contribution in [0.25, 0.3) is 0 Å². The Bertz CT molecular complexity index is 465. The lowest BCUT2D eigenvalue weighted by Crippen LogP contribution is -2.30. The summed E-state index contributed by atoms with van der Waals surface area (Å²) in [5, 5.41) is 1.09. The van der Waals surface area contributed by atoms with Gasteiger partial charge in [0.25, 0.3) is 0 Å². The van der Waals surface area contributed by atoms with Crippen molar-refractivity contribution in [1.82, 2.24) is 4.90 Å². The summed E-state index contributed by atoms with van der Waals surface area (Å²) in [6, 6.07) is 5.52. The molecular weight excluding hydrogens is 283 g/mol. The van der Waals surface area contributed by atoms with Crippen LogP contribution in [0.5, 0.6) is 0 Å². The van der Waals surface area contributed by atoms with Gasteiger partial charge in [-0.15, -0.1) is 0 Å². The maximum atomic E-state index is 12.1. The molecule has 0 bridgehead atoms. The molecule has 2 N–H and O–H groups in total. The largest absolute Gasteiger partial charge is 0.342 e. The molecule has 1 aliphatic rings. The summed E-state index contributed by atoms with van der Waals surface area (Å²) in [5.41, 5.74) is 6.56. The highest BCUT2D eigenvalue weighted by atomic mass is 35.5. The minimum Gasteiger partial charge on any atom is -0.342 e. The van der Waals surface area contributed by atoms with Gasteiger partial charge < -0.3 is 10.6 Å². The molecule has 1 aromatic carbocycles. The number of hydrogen-bond donors (Lipinski definition) is 1. The zero-order valence-corrected chi connectivity index (χ0v) is 12.3. The monoisotopic (exact) mass is 300 g/mol. The van der Waals surface area contributed by atoms with E-state index >= 15 is 0 Å². The Morgan fingerprint density at radius 3 is 2.89 bits per heavy atom. The number of carbonyl (C=O) groups is 1. The van der Waals surface area contributed by atoms with E-state index < -0.39 is 0 Å². The number of halogens is 2. The van der Waals surface area contributed by atoms with Crippen molar-refractivity contribution in [2.24, 2.45) is 11.7 Å². The molecule has 0 saturated carbocycles. The third-order valence-electron chi connectivity index (χ3n) is 3.61. The highest BCUT2D eigenvalue weighted by molar-refractivity contribution is 6.42. The average molecular weight is 301 g/mol. The van der Waals surface area contributed by atoms with Gasteiger partial charge in [-0.05, 0) is 36.9 Å². The number of nitrogens with two attached hydrogens (primary N) is 1. The van der Waals surface area contributed by atoms with Crippen LogP contribution in [0.4, 0.5) is 0 Å². The zero-order valence-electron chi connectivity index (χ0n) is 10.7. The Balaban J connectivity index is 1.89. The Morgan fingerprint density at radius 2 is 2.21 bits per heavy atom. The highest BCUT2D eigenvalue weighted by Crippen LogP contribution is 2.26. The molecule has 1 amide bonds. The summed E-state index contributed by atoms with van der Waals surface area (Å²) in [7, 11) is 0. The summed E-state index contributed by atoms with van der Waals surface area (Å²) in [6.45, 7) is 2.27. The van der Waals surface area contributed by atoms with E-state index in [9.17, 15) is 4.79 Å². The van der Waals surface area contributed by atoms with Gasteiger partial charge in [-0.25, -0.2) is 0 Å². The fourth-order valence-corrected chi connectivity index (χ4v) is 2.81. The molecule has 0 aromatic heterocycles. The van der Waals surface area contributed by atoms with Crippen molar-refractivity contribution >= 4 is 29.1 Å². The van der Waals surface area contributed by atoms with Gasteiger partial charge in [0.1, 0.15) is 0 Å². The van der Waals surface area contributed by atoms with Crippen LogP contribution < -0.4 is 5.73 Å². The van der Waals surface area contributed by atoms with E-state index in [4.69, 9.17) is 28.9 Å². The predicted octanol–water partition coefficient (Wildman–Crippen LogP) is 2.73. The summed E-state index contributed by atoms with van der Waals surface area (Å²) >= 11 is 12.1. The van der Waals surface area contributed by atoms with Crippen LogP contribution in [0.2, 0.25) is 10.0 Å². The van der Waals surface area contributed by atoms with E-state index in [2.05, 4.69) is 0 Å². The first-order valence-corrected chi connectivity index (χ1v) is 7.28. The molecular formula is C14H18Cl2N2O. The van der Waals surface area contributed by atoms with Crippen molar-refractivity contribution in [3.05, 3.63) is 33.8 Å². The van der Waals surface area contributed by atoms with Crippen molar-refractivity contribution in [2.75, 3.05) is 19.6 Å². The minimum atomic E-state index is 0.173. The van der Waals surface area contributed by atoms with Crippen LogP contribution in [0.15, 0.2) is 18.2 Å². The molecule has 19 heavy (non-hydrogen) atoms. The molecule has 1 atom stereocenters. The van der Waals surface area contributed by atoms with Gasteiger partial charge in [0.05, 0.1) is 10.0 Å². The molecule has 1 heterocycles. The Kier molecular flexibility index (Phi) is 5.08. The van der Waals surface area contributed by atoms with Gasteiger partial charge in [-0.2, -0.15) is 0 Å². The quantitative estimate of drug-likeness (QED) is 0.929. The Morgan fingerprint density at radius 1 is 1.42 bits per heavy atom. The number of aryl methyl sites for hydroxylation is 1.